The SMILES string of the molecule is C#CCC(C(=O)OC)C(=O)OCC1c2ccccc2-c2ccccc21. The van der Waals surface area contributed by atoms with Gasteiger partial charge in [0.2, 0.25) is 0 Å². The van der Waals surface area contributed by atoms with E-state index < -0.39 is 17.9 Å². The van der Waals surface area contributed by atoms with Crippen molar-refractivity contribution < 1.29 is 19.1 Å². The number of terminal acetylenes is 1. The number of hydrogen-bond donors (Lipinski definition) is 0. The van der Waals surface area contributed by atoms with E-state index >= 15 is 0 Å². The molecule has 0 N–H and O–H groups in total. The Bertz CT molecular complexity index is 801. The fraction of sp³-hybridized carbons (Fsp3) is 0.238. The maximum atomic E-state index is 12.3. The standard InChI is InChI=1S/C21H18O4/c1-3-8-18(20(22)24-2)21(23)25-13-19-16-11-6-4-9-14(16)15-10-5-7-12-17(15)19/h1,4-7,9-12,18-19H,8,13H2,2H3. The number of methoxy groups -OCH3 is 1. The number of carbonyl (C=O) groups is 2. The van der Waals surface area contributed by atoms with Gasteiger partial charge in [-0.1, -0.05) is 48.5 Å². The summed E-state index contributed by atoms with van der Waals surface area (Å²) in [7, 11) is 1.22. The molecule has 0 spiro atoms. The highest BCUT2D eigenvalue weighted by Crippen LogP contribution is 2.44. The van der Waals surface area contributed by atoms with E-state index in [1.165, 1.54) is 7.11 Å². The topological polar surface area (TPSA) is 52.6 Å². The molecule has 1 aliphatic rings. The zero-order valence-corrected chi connectivity index (χ0v) is 13.9. The lowest BCUT2D eigenvalue weighted by atomic mass is 9.98. The first-order valence-corrected chi connectivity index (χ1v) is 8.03. The zero-order valence-electron chi connectivity index (χ0n) is 13.9. The molecule has 126 valence electrons. The van der Waals surface area contributed by atoms with E-state index in [4.69, 9.17) is 11.2 Å². The average molecular weight is 334 g/mol. The summed E-state index contributed by atoms with van der Waals surface area (Å²) in [5, 5.41) is 0. The van der Waals surface area contributed by atoms with Crippen LogP contribution < -0.4 is 0 Å². The normalized spacial score (nSPS) is 13.3. The van der Waals surface area contributed by atoms with Crippen LogP contribution in [0, 0.1) is 18.3 Å². The van der Waals surface area contributed by atoms with E-state index in [9.17, 15) is 9.59 Å². The van der Waals surface area contributed by atoms with Crippen LogP contribution in [0.4, 0.5) is 0 Å². The number of benzene rings is 2. The van der Waals surface area contributed by atoms with Crippen LogP contribution in [0.5, 0.6) is 0 Å². The Balaban J connectivity index is 1.81. The summed E-state index contributed by atoms with van der Waals surface area (Å²) in [5.41, 5.74) is 4.52. The van der Waals surface area contributed by atoms with Gasteiger partial charge in [-0.3, -0.25) is 9.59 Å². The molecule has 1 aliphatic carbocycles. The van der Waals surface area contributed by atoms with Crippen LogP contribution in [-0.4, -0.2) is 25.7 Å². The molecule has 0 amide bonds. The highest BCUT2D eigenvalue weighted by atomic mass is 16.5. The Morgan fingerprint density at radius 1 is 1.04 bits per heavy atom. The first-order valence-electron chi connectivity index (χ1n) is 8.03. The first-order chi connectivity index (χ1) is 12.2. The Kier molecular flexibility index (Phi) is 4.85. The van der Waals surface area contributed by atoms with Crippen molar-refractivity contribution in [1.29, 1.82) is 0 Å². The minimum Gasteiger partial charge on any atom is -0.468 e. The van der Waals surface area contributed by atoms with E-state index in [0.717, 1.165) is 22.3 Å². The molecule has 0 bridgehead atoms. The quantitative estimate of drug-likeness (QED) is 0.479. The fourth-order valence-corrected chi connectivity index (χ4v) is 3.23. The molecule has 25 heavy (non-hydrogen) atoms. The summed E-state index contributed by atoms with van der Waals surface area (Å²) in [4.78, 5) is 24.0. The van der Waals surface area contributed by atoms with Gasteiger partial charge < -0.3 is 9.47 Å². The summed E-state index contributed by atoms with van der Waals surface area (Å²) in [5.74, 6) is -0.133. The van der Waals surface area contributed by atoms with Gasteiger partial charge in [0.15, 0.2) is 5.92 Å². The second kappa shape index (κ2) is 7.23. The molecule has 2 aromatic carbocycles. The summed E-state index contributed by atoms with van der Waals surface area (Å²) in [6.07, 6.45) is 5.20. The number of rotatable bonds is 5. The van der Waals surface area contributed by atoms with Crippen LogP contribution in [-0.2, 0) is 19.1 Å². The molecule has 4 nitrogen and oxygen atoms in total. The van der Waals surface area contributed by atoms with E-state index in [-0.39, 0.29) is 18.9 Å². The molecule has 0 heterocycles. The van der Waals surface area contributed by atoms with Crippen molar-refractivity contribution in [3.63, 3.8) is 0 Å². The van der Waals surface area contributed by atoms with Gasteiger partial charge in [-0.05, 0) is 22.3 Å². The van der Waals surface area contributed by atoms with Crippen molar-refractivity contribution in [1.82, 2.24) is 0 Å². The predicted octanol–water partition coefficient (Wildman–Crippen LogP) is 3.15. The van der Waals surface area contributed by atoms with Crippen LogP contribution in [0.15, 0.2) is 48.5 Å². The minimum absolute atomic E-state index is 0.0383. The Hall–Kier alpha value is -3.06. The van der Waals surface area contributed by atoms with Crippen molar-refractivity contribution >= 4 is 11.9 Å². The summed E-state index contributed by atoms with van der Waals surface area (Å²) in [6.45, 7) is 0.158. The lowest BCUT2D eigenvalue weighted by molar-refractivity contribution is -0.160. The van der Waals surface area contributed by atoms with E-state index in [0.29, 0.717) is 0 Å². The Morgan fingerprint density at radius 3 is 2.12 bits per heavy atom. The van der Waals surface area contributed by atoms with Crippen LogP contribution in [0.3, 0.4) is 0 Å². The molecule has 3 rings (SSSR count). The lowest BCUT2D eigenvalue weighted by Crippen LogP contribution is -2.28. The molecular weight excluding hydrogens is 316 g/mol. The third-order valence-corrected chi connectivity index (χ3v) is 4.45. The van der Waals surface area contributed by atoms with Crippen molar-refractivity contribution in [2.24, 2.45) is 5.92 Å². The molecule has 0 aromatic heterocycles. The molecule has 0 fully saturated rings. The van der Waals surface area contributed by atoms with E-state index in [2.05, 4.69) is 22.8 Å². The first kappa shape index (κ1) is 16.8. The van der Waals surface area contributed by atoms with Gasteiger partial charge in [0.1, 0.15) is 6.61 Å². The van der Waals surface area contributed by atoms with Gasteiger partial charge >= 0.3 is 11.9 Å². The minimum atomic E-state index is -1.08. The second-order valence-corrected chi connectivity index (χ2v) is 5.84. The van der Waals surface area contributed by atoms with Gasteiger partial charge in [-0.25, -0.2) is 0 Å². The molecule has 0 saturated heterocycles. The summed E-state index contributed by atoms with van der Waals surface area (Å²) < 4.78 is 10.1. The lowest BCUT2D eigenvalue weighted by Gasteiger charge is -2.16. The molecule has 0 saturated carbocycles. The molecule has 4 heteroatoms. The van der Waals surface area contributed by atoms with Crippen LogP contribution in [0.2, 0.25) is 0 Å². The van der Waals surface area contributed by atoms with Crippen molar-refractivity contribution in [2.45, 2.75) is 12.3 Å². The van der Waals surface area contributed by atoms with Gasteiger partial charge in [0.25, 0.3) is 0 Å². The molecular formula is C21H18O4. The highest BCUT2D eigenvalue weighted by Gasteiger charge is 2.32. The van der Waals surface area contributed by atoms with Crippen molar-refractivity contribution in [3.05, 3.63) is 59.7 Å². The van der Waals surface area contributed by atoms with Gasteiger partial charge in [0.05, 0.1) is 7.11 Å². The van der Waals surface area contributed by atoms with Gasteiger partial charge in [0, 0.05) is 12.3 Å². The summed E-state index contributed by atoms with van der Waals surface area (Å²) >= 11 is 0. The van der Waals surface area contributed by atoms with Gasteiger partial charge in [-0.2, -0.15) is 0 Å². The highest BCUT2D eigenvalue weighted by molar-refractivity contribution is 5.95. The smallest absolute Gasteiger partial charge is 0.321 e. The number of hydrogen-bond acceptors (Lipinski definition) is 4. The van der Waals surface area contributed by atoms with Crippen LogP contribution >= 0.6 is 0 Å². The average Bonchev–Trinajstić information content (AvgIpc) is 2.97. The second-order valence-electron chi connectivity index (χ2n) is 5.84. The summed E-state index contributed by atoms with van der Waals surface area (Å²) in [6, 6.07) is 16.1. The van der Waals surface area contributed by atoms with Crippen LogP contribution in [0.1, 0.15) is 23.5 Å². The number of esters is 2. The molecule has 2 aromatic rings. The maximum Gasteiger partial charge on any atom is 0.321 e. The molecule has 1 unspecified atom stereocenters. The van der Waals surface area contributed by atoms with E-state index in [1.54, 1.807) is 0 Å². The Labute approximate surface area is 146 Å². The zero-order chi connectivity index (χ0) is 17.8. The number of carbonyl (C=O) groups excluding carboxylic acids is 2. The molecule has 0 aliphatic heterocycles. The van der Waals surface area contributed by atoms with Gasteiger partial charge in [-0.15, -0.1) is 12.3 Å². The fourth-order valence-electron chi connectivity index (χ4n) is 3.23. The number of ether oxygens (including phenoxy) is 2. The van der Waals surface area contributed by atoms with Crippen molar-refractivity contribution in [2.75, 3.05) is 13.7 Å². The van der Waals surface area contributed by atoms with E-state index in [1.807, 2.05) is 36.4 Å². The van der Waals surface area contributed by atoms with Crippen molar-refractivity contribution in [3.8, 4) is 23.5 Å². The Morgan fingerprint density at radius 2 is 1.60 bits per heavy atom. The third-order valence-electron chi connectivity index (χ3n) is 4.45. The third kappa shape index (κ3) is 3.14. The predicted molar refractivity (Wildman–Crippen MR) is 93.6 cm³/mol. The molecule has 1 atom stereocenters. The largest absolute Gasteiger partial charge is 0.468 e. The molecule has 0 radical (unpaired) electrons. The number of fused-ring (bicyclic) bond motifs is 3. The maximum absolute atomic E-state index is 12.3. The monoisotopic (exact) mass is 334 g/mol. The van der Waals surface area contributed by atoms with Crippen LogP contribution in [0.25, 0.3) is 11.1 Å².